The molecule has 0 radical (unpaired) electrons. The summed E-state index contributed by atoms with van der Waals surface area (Å²) in [5, 5.41) is 4.36. The highest BCUT2D eigenvalue weighted by Crippen LogP contribution is 2.26. The van der Waals surface area contributed by atoms with Crippen LogP contribution >= 0.6 is 23.4 Å². The summed E-state index contributed by atoms with van der Waals surface area (Å²) in [5.41, 5.74) is 2.82. The van der Waals surface area contributed by atoms with Crippen molar-refractivity contribution < 1.29 is 4.79 Å². The number of aromatic nitrogens is 2. The molecular weight excluding hydrogens is 342 g/mol. The molecule has 1 aromatic heterocycles. The van der Waals surface area contributed by atoms with Gasteiger partial charge in [0, 0.05) is 17.8 Å². The Labute approximate surface area is 149 Å². The molecule has 3 aromatic rings. The van der Waals surface area contributed by atoms with Gasteiger partial charge in [-0.2, -0.15) is 0 Å². The van der Waals surface area contributed by atoms with Gasteiger partial charge in [-0.25, -0.2) is 4.98 Å². The third kappa shape index (κ3) is 3.99. The minimum Gasteiger partial charge on any atom is -0.325 e. The Kier molecular flexibility index (Phi) is 5.23. The molecule has 2 aromatic carbocycles. The zero-order valence-corrected chi connectivity index (χ0v) is 14.6. The van der Waals surface area contributed by atoms with Gasteiger partial charge in [0.25, 0.3) is 0 Å². The van der Waals surface area contributed by atoms with Crippen LogP contribution in [0.2, 0.25) is 5.02 Å². The number of carbonyl (C=O) groups is 1. The first kappa shape index (κ1) is 16.6. The number of thioether (sulfide) groups is 1. The molecule has 0 saturated carbocycles. The van der Waals surface area contributed by atoms with Crippen molar-refractivity contribution in [3.63, 3.8) is 0 Å². The van der Waals surface area contributed by atoms with E-state index >= 15 is 0 Å². The second-order valence-corrected chi connectivity index (χ2v) is 6.57. The summed E-state index contributed by atoms with van der Waals surface area (Å²) in [6.45, 7) is 0. The van der Waals surface area contributed by atoms with E-state index in [0.29, 0.717) is 10.8 Å². The molecule has 1 heterocycles. The van der Waals surface area contributed by atoms with Crippen LogP contribution in [-0.4, -0.2) is 21.2 Å². The number of nitrogens with zero attached hydrogens (tertiary/aromatic N) is 2. The Hall–Kier alpha value is -2.24. The SMILES string of the molecule is Cn1c(-c2ccc(Cl)cc2)cnc1SCC(=O)Nc1ccccc1. The van der Waals surface area contributed by atoms with Gasteiger partial charge < -0.3 is 9.88 Å². The predicted molar refractivity (Wildman–Crippen MR) is 99.4 cm³/mol. The topological polar surface area (TPSA) is 46.9 Å². The van der Waals surface area contributed by atoms with Crippen molar-refractivity contribution in [3.8, 4) is 11.3 Å². The standard InChI is InChI=1S/C18H16ClN3OS/c1-22-16(13-7-9-14(19)10-8-13)11-20-18(22)24-12-17(23)21-15-5-3-2-4-6-15/h2-11H,12H2,1H3,(H,21,23). The van der Waals surface area contributed by atoms with Crippen LogP contribution in [0.15, 0.2) is 66.0 Å². The monoisotopic (exact) mass is 357 g/mol. The first-order valence-corrected chi connectivity index (χ1v) is 8.75. The van der Waals surface area contributed by atoms with Gasteiger partial charge in [0.05, 0.1) is 17.6 Å². The number of para-hydroxylation sites is 1. The molecule has 0 aliphatic heterocycles. The predicted octanol–water partition coefficient (Wildman–Crippen LogP) is 4.47. The fourth-order valence-electron chi connectivity index (χ4n) is 2.26. The number of amides is 1. The second kappa shape index (κ2) is 7.55. The Morgan fingerprint density at radius 3 is 2.58 bits per heavy atom. The molecule has 0 aliphatic carbocycles. The van der Waals surface area contributed by atoms with E-state index in [2.05, 4.69) is 10.3 Å². The van der Waals surface area contributed by atoms with Crippen molar-refractivity contribution >= 4 is 35.0 Å². The van der Waals surface area contributed by atoms with Gasteiger partial charge >= 0.3 is 0 Å². The van der Waals surface area contributed by atoms with Crippen LogP contribution in [0, 0.1) is 0 Å². The summed E-state index contributed by atoms with van der Waals surface area (Å²) in [7, 11) is 1.94. The smallest absolute Gasteiger partial charge is 0.234 e. The van der Waals surface area contributed by atoms with Gasteiger partial charge in [0.1, 0.15) is 0 Å². The Morgan fingerprint density at radius 1 is 1.17 bits per heavy atom. The molecule has 4 nitrogen and oxygen atoms in total. The minimum atomic E-state index is -0.0535. The lowest BCUT2D eigenvalue weighted by molar-refractivity contribution is -0.113. The highest BCUT2D eigenvalue weighted by atomic mass is 35.5. The minimum absolute atomic E-state index is 0.0535. The Balaban J connectivity index is 1.64. The molecule has 0 unspecified atom stereocenters. The Morgan fingerprint density at radius 2 is 1.88 bits per heavy atom. The van der Waals surface area contributed by atoms with E-state index in [1.54, 1.807) is 6.20 Å². The number of rotatable bonds is 5. The lowest BCUT2D eigenvalue weighted by atomic mass is 10.2. The molecule has 24 heavy (non-hydrogen) atoms. The number of benzene rings is 2. The van der Waals surface area contributed by atoms with Crippen LogP contribution < -0.4 is 5.32 Å². The molecule has 1 amide bonds. The van der Waals surface area contributed by atoms with E-state index in [0.717, 1.165) is 22.1 Å². The number of halogens is 1. The zero-order valence-electron chi connectivity index (χ0n) is 13.1. The number of hydrogen-bond acceptors (Lipinski definition) is 3. The molecule has 6 heteroatoms. The highest BCUT2D eigenvalue weighted by molar-refractivity contribution is 7.99. The first-order chi connectivity index (χ1) is 11.6. The third-order valence-corrected chi connectivity index (χ3v) is 4.77. The molecule has 0 spiro atoms. The molecule has 0 bridgehead atoms. The molecule has 1 N–H and O–H groups in total. The zero-order chi connectivity index (χ0) is 16.9. The van der Waals surface area contributed by atoms with Gasteiger partial charge in [-0.15, -0.1) is 0 Å². The van der Waals surface area contributed by atoms with Gasteiger partial charge in [0.15, 0.2) is 5.16 Å². The lowest BCUT2D eigenvalue weighted by Gasteiger charge is -2.07. The van der Waals surface area contributed by atoms with Crippen molar-refractivity contribution in [1.29, 1.82) is 0 Å². The Bertz CT molecular complexity index is 831. The van der Waals surface area contributed by atoms with Crippen LogP contribution in [0.3, 0.4) is 0 Å². The second-order valence-electron chi connectivity index (χ2n) is 5.19. The molecule has 0 saturated heterocycles. The van der Waals surface area contributed by atoms with E-state index in [4.69, 9.17) is 11.6 Å². The summed E-state index contributed by atoms with van der Waals surface area (Å²) in [6, 6.07) is 17.0. The molecule has 0 fully saturated rings. The molecule has 0 aliphatic rings. The quantitative estimate of drug-likeness (QED) is 0.685. The van der Waals surface area contributed by atoms with Crippen LogP contribution in [0.4, 0.5) is 5.69 Å². The maximum absolute atomic E-state index is 12.0. The van der Waals surface area contributed by atoms with E-state index in [1.807, 2.05) is 66.2 Å². The van der Waals surface area contributed by atoms with E-state index in [9.17, 15) is 4.79 Å². The van der Waals surface area contributed by atoms with E-state index < -0.39 is 0 Å². The van der Waals surface area contributed by atoms with Crippen LogP contribution in [0.5, 0.6) is 0 Å². The average molecular weight is 358 g/mol. The van der Waals surface area contributed by atoms with Crippen molar-refractivity contribution in [1.82, 2.24) is 9.55 Å². The number of anilines is 1. The summed E-state index contributed by atoms with van der Waals surface area (Å²) in [6.07, 6.45) is 1.81. The van der Waals surface area contributed by atoms with Crippen molar-refractivity contribution in [2.45, 2.75) is 5.16 Å². The molecule has 3 rings (SSSR count). The van der Waals surface area contributed by atoms with Crippen LogP contribution in [0.1, 0.15) is 0 Å². The van der Waals surface area contributed by atoms with Gasteiger partial charge in [0.2, 0.25) is 5.91 Å². The third-order valence-electron chi connectivity index (χ3n) is 3.48. The average Bonchev–Trinajstić information content (AvgIpc) is 2.95. The number of nitrogens with one attached hydrogen (secondary N) is 1. The molecule has 0 atom stereocenters. The lowest BCUT2D eigenvalue weighted by Crippen LogP contribution is -2.14. The first-order valence-electron chi connectivity index (χ1n) is 7.39. The summed E-state index contributed by atoms with van der Waals surface area (Å²) < 4.78 is 1.98. The van der Waals surface area contributed by atoms with Gasteiger partial charge in [-0.3, -0.25) is 4.79 Å². The maximum atomic E-state index is 12.0. The van der Waals surface area contributed by atoms with Crippen molar-refractivity contribution in [2.24, 2.45) is 7.05 Å². The van der Waals surface area contributed by atoms with Gasteiger partial charge in [-0.05, 0) is 29.8 Å². The number of hydrogen-bond donors (Lipinski definition) is 1. The van der Waals surface area contributed by atoms with E-state index in [1.165, 1.54) is 11.8 Å². The maximum Gasteiger partial charge on any atom is 0.234 e. The highest BCUT2D eigenvalue weighted by Gasteiger charge is 2.11. The fraction of sp³-hybridized carbons (Fsp3) is 0.111. The fourth-order valence-corrected chi connectivity index (χ4v) is 3.14. The normalized spacial score (nSPS) is 10.6. The van der Waals surface area contributed by atoms with Crippen LogP contribution in [-0.2, 0) is 11.8 Å². The van der Waals surface area contributed by atoms with Gasteiger partial charge in [-0.1, -0.05) is 53.7 Å². The summed E-state index contributed by atoms with van der Waals surface area (Å²) >= 11 is 7.33. The molecule has 122 valence electrons. The van der Waals surface area contributed by atoms with Crippen molar-refractivity contribution in [3.05, 3.63) is 65.8 Å². The van der Waals surface area contributed by atoms with Crippen LogP contribution in [0.25, 0.3) is 11.3 Å². The summed E-state index contributed by atoms with van der Waals surface area (Å²) in [5.74, 6) is 0.252. The van der Waals surface area contributed by atoms with Crippen molar-refractivity contribution in [2.75, 3.05) is 11.1 Å². The summed E-state index contributed by atoms with van der Waals surface area (Å²) in [4.78, 5) is 16.4. The number of carbonyl (C=O) groups excluding carboxylic acids is 1. The number of imidazole rings is 1. The van der Waals surface area contributed by atoms with E-state index in [-0.39, 0.29) is 5.91 Å². The molecular formula is C18H16ClN3OS. The largest absolute Gasteiger partial charge is 0.325 e.